The van der Waals surface area contributed by atoms with Gasteiger partial charge in [-0.05, 0) is 6.04 Å². The molecule has 0 spiro atoms. The summed E-state index contributed by atoms with van der Waals surface area (Å²) >= 11 is 0. The summed E-state index contributed by atoms with van der Waals surface area (Å²) in [7, 11) is -0.298. The first kappa shape index (κ1) is 22.4. The van der Waals surface area contributed by atoms with Gasteiger partial charge in [-0.1, -0.05) is 19.6 Å². The van der Waals surface area contributed by atoms with Gasteiger partial charge >= 0.3 is 5.97 Å². The molecular formula is C15H31NO8Si. The number of aliphatic hydroxyl groups excluding tert-OH is 4. The fraction of sp³-hybridized carbons (Fsp3) is 0.933. The quantitative estimate of drug-likeness (QED) is 0.247. The van der Waals surface area contributed by atoms with Crippen LogP contribution in [-0.4, -0.2) is 91.0 Å². The topological polar surface area (TPSA) is 152 Å². The molecule has 6 atom stereocenters. The van der Waals surface area contributed by atoms with Crippen LogP contribution in [0.1, 0.15) is 6.42 Å². The summed E-state index contributed by atoms with van der Waals surface area (Å²) in [5.74, 6) is -2.78. The lowest BCUT2D eigenvalue weighted by atomic mass is 9.89. The molecule has 1 rings (SSSR count). The van der Waals surface area contributed by atoms with E-state index < -0.39 is 56.9 Å². The molecule has 0 bridgehead atoms. The van der Waals surface area contributed by atoms with Crippen LogP contribution in [0.4, 0.5) is 0 Å². The van der Waals surface area contributed by atoms with Gasteiger partial charge in [0.15, 0.2) is 0 Å². The molecule has 25 heavy (non-hydrogen) atoms. The Bertz CT molecular complexity index is 446. The fourth-order valence-corrected chi connectivity index (χ4v) is 3.28. The van der Waals surface area contributed by atoms with E-state index in [0.29, 0.717) is 0 Å². The zero-order chi connectivity index (χ0) is 19.4. The first-order valence-corrected chi connectivity index (χ1v) is 12.0. The van der Waals surface area contributed by atoms with Gasteiger partial charge in [-0.3, -0.25) is 0 Å². The molecule has 1 aliphatic heterocycles. The average molecular weight is 381 g/mol. The first-order chi connectivity index (χ1) is 11.5. The molecule has 1 aliphatic rings. The number of hydrogen-bond acceptors (Lipinski definition) is 9. The van der Waals surface area contributed by atoms with E-state index in [9.17, 15) is 20.1 Å². The number of rotatable bonds is 8. The van der Waals surface area contributed by atoms with Crippen LogP contribution < -0.4 is 5.73 Å². The standard InChI is InChI=1S/C15H31NO8Si/c1-22-14(21)15(23-5-6-25(2,3)4)7-9(18)11(16)13(24-15)12(20)10(19)8-17/h9-13,17-20H,5-8,16H2,1-4H3/t9-,10+,11+,12+,13+,15?/m0/s1. The Morgan fingerprint density at radius 1 is 1.40 bits per heavy atom. The normalized spacial score (nSPS) is 32.9. The zero-order valence-electron chi connectivity index (χ0n) is 15.2. The number of nitrogens with two attached hydrogens (primary N) is 1. The van der Waals surface area contributed by atoms with Crippen LogP contribution in [0, 0.1) is 0 Å². The molecule has 0 saturated carbocycles. The summed E-state index contributed by atoms with van der Waals surface area (Å²) < 4.78 is 16.1. The number of esters is 1. The second-order valence-corrected chi connectivity index (χ2v) is 13.2. The Morgan fingerprint density at radius 3 is 2.48 bits per heavy atom. The first-order valence-electron chi connectivity index (χ1n) is 8.28. The van der Waals surface area contributed by atoms with Crippen molar-refractivity contribution in [2.24, 2.45) is 5.73 Å². The summed E-state index contributed by atoms with van der Waals surface area (Å²) in [6, 6.07) is -0.335. The fourth-order valence-electron chi connectivity index (χ4n) is 2.56. The number of methoxy groups -OCH3 is 1. The van der Waals surface area contributed by atoms with Crippen molar-refractivity contribution in [2.45, 2.75) is 68.4 Å². The summed E-state index contributed by atoms with van der Waals surface area (Å²) in [5, 5.41) is 39.1. The van der Waals surface area contributed by atoms with E-state index in [2.05, 4.69) is 19.6 Å². The molecule has 9 nitrogen and oxygen atoms in total. The second kappa shape index (κ2) is 8.87. The largest absolute Gasteiger partial charge is 0.465 e. The number of carbonyl (C=O) groups is 1. The van der Waals surface area contributed by atoms with Gasteiger partial charge in [0.2, 0.25) is 0 Å². The van der Waals surface area contributed by atoms with Crippen LogP contribution >= 0.6 is 0 Å². The summed E-state index contributed by atoms with van der Waals surface area (Å²) in [4.78, 5) is 12.3. The van der Waals surface area contributed by atoms with Crippen molar-refractivity contribution in [1.29, 1.82) is 0 Å². The van der Waals surface area contributed by atoms with Crippen LogP contribution in [0.3, 0.4) is 0 Å². The minimum absolute atomic E-state index is 0.206. The monoisotopic (exact) mass is 381 g/mol. The Hall–Kier alpha value is -0.593. The second-order valence-electron chi connectivity index (χ2n) is 7.58. The molecule has 0 aliphatic carbocycles. The molecule has 0 radical (unpaired) electrons. The number of ether oxygens (including phenoxy) is 3. The summed E-state index contributed by atoms with van der Waals surface area (Å²) in [5.41, 5.74) is 5.85. The molecule has 0 aromatic rings. The van der Waals surface area contributed by atoms with E-state index in [1.165, 1.54) is 0 Å². The maximum absolute atomic E-state index is 12.3. The van der Waals surface area contributed by atoms with E-state index in [0.717, 1.165) is 13.2 Å². The van der Waals surface area contributed by atoms with Crippen LogP contribution in [-0.2, 0) is 19.0 Å². The third kappa shape index (κ3) is 5.69. The smallest absolute Gasteiger partial charge is 0.366 e. The van der Waals surface area contributed by atoms with Gasteiger partial charge in [0.25, 0.3) is 5.79 Å². The van der Waals surface area contributed by atoms with E-state index in [4.69, 9.17) is 25.1 Å². The predicted octanol–water partition coefficient (Wildman–Crippen LogP) is -1.60. The molecule has 1 fully saturated rings. The molecule has 0 aromatic carbocycles. The van der Waals surface area contributed by atoms with Crippen molar-refractivity contribution in [3.05, 3.63) is 0 Å². The molecule has 10 heteroatoms. The Labute approximate surface area is 148 Å². The lowest BCUT2D eigenvalue weighted by Gasteiger charge is -2.45. The minimum atomic E-state index is -1.93. The summed E-state index contributed by atoms with van der Waals surface area (Å²) in [6.45, 7) is 5.89. The highest BCUT2D eigenvalue weighted by Gasteiger charge is 2.55. The molecule has 1 unspecified atom stereocenters. The highest BCUT2D eigenvalue weighted by Crippen LogP contribution is 2.33. The van der Waals surface area contributed by atoms with Crippen LogP contribution in [0.15, 0.2) is 0 Å². The Morgan fingerprint density at radius 2 is 2.00 bits per heavy atom. The van der Waals surface area contributed by atoms with Gasteiger partial charge in [0.1, 0.15) is 18.3 Å². The maximum atomic E-state index is 12.3. The van der Waals surface area contributed by atoms with Gasteiger partial charge < -0.3 is 40.4 Å². The number of hydrogen-bond donors (Lipinski definition) is 5. The third-order valence-corrected chi connectivity index (χ3v) is 5.93. The Balaban J connectivity index is 3.04. The Kier molecular flexibility index (Phi) is 7.96. The predicted molar refractivity (Wildman–Crippen MR) is 91.4 cm³/mol. The van der Waals surface area contributed by atoms with Gasteiger partial charge in [-0.15, -0.1) is 0 Å². The van der Waals surface area contributed by atoms with Gasteiger partial charge in [0, 0.05) is 21.1 Å². The van der Waals surface area contributed by atoms with Crippen LogP contribution in [0.5, 0.6) is 0 Å². The highest BCUT2D eigenvalue weighted by atomic mass is 28.3. The minimum Gasteiger partial charge on any atom is -0.465 e. The van der Waals surface area contributed by atoms with E-state index in [1.807, 2.05) is 0 Å². The zero-order valence-corrected chi connectivity index (χ0v) is 16.2. The molecule has 6 N–H and O–H groups in total. The van der Waals surface area contributed by atoms with Crippen molar-refractivity contribution in [2.75, 3.05) is 20.3 Å². The van der Waals surface area contributed by atoms with Crippen molar-refractivity contribution in [1.82, 2.24) is 0 Å². The molecule has 1 saturated heterocycles. The van der Waals surface area contributed by atoms with Crippen molar-refractivity contribution >= 4 is 14.0 Å². The van der Waals surface area contributed by atoms with Crippen LogP contribution in [0.25, 0.3) is 0 Å². The summed E-state index contributed by atoms with van der Waals surface area (Å²) in [6.07, 6.45) is -5.97. The van der Waals surface area contributed by atoms with E-state index >= 15 is 0 Å². The van der Waals surface area contributed by atoms with Crippen molar-refractivity contribution < 1.29 is 39.4 Å². The maximum Gasteiger partial charge on any atom is 0.366 e. The number of aliphatic hydroxyl groups is 4. The van der Waals surface area contributed by atoms with Crippen molar-refractivity contribution in [3.63, 3.8) is 0 Å². The lowest BCUT2D eigenvalue weighted by Crippen LogP contribution is -2.66. The number of carbonyl (C=O) groups excluding carboxylic acids is 1. The molecule has 0 amide bonds. The van der Waals surface area contributed by atoms with Gasteiger partial charge in [0.05, 0.1) is 25.9 Å². The van der Waals surface area contributed by atoms with E-state index in [1.54, 1.807) is 0 Å². The highest BCUT2D eigenvalue weighted by molar-refractivity contribution is 6.76. The molecule has 148 valence electrons. The molecule has 1 heterocycles. The van der Waals surface area contributed by atoms with Crippen LogP contribution in [0.2, 0.25) is 25.7 Å². The lowest BCUT2D eigenvalue weighted by molar-refractivity contribution is -0.309. The molecular weight excluding hydrogens is 350 g/mol. The van der Waals surface area contributed by atoms with Crippen molar-refractivity contribution in [3.8, 4) is 0 Å². The van der Waals surface area contributed by atoms with Gasteiger partial charge in [-0.25, -0.2) is 4.79 Å². The SMILES string of the molecule is COC(=O)C1(OCC[Si](C)(C)C)C[C@H](O)[C@@H](N)[C@H]([C@H](O)[C@H](O)CO)O1. The van der Waals surface area contributed by atoms with E-state index in [-0.39, 0.29) is 13.0 Å². The average Bonchev–Trinajstić information content (AvgIpc) is 2.54. The van der Waals surface area contributed by atoms with Gasteiger partial charge in [-0.2, -0.15) is 0 Å². The third-order valence-electron chi connectivity index (χ3n) is 4.23. The molecule has 0 aromatic heterocycles.